The van der Waals surface area contributed by atoms with E-state index in [1.54, 1.807) is 0 Å². The lowest BCUT2D eigenvalue weighted by Gasteiger charge is -2.05. The summed E-state index contributed by atoms with van der Waals surface area (Å²) >= 11 is 0. The molecule has 3 N–H and O–H groups in total. The van der Waals surface area contributed by atoms with Gasteiger partial charge in [-0.2, -0.15) is 0 Å². The predicted octanol–water partition coefficient (Wildman–Crippen LogP) is 1.32. The van der Waals surface area contributed by atoms with Crippen LogP contribution in [0.3, 0.4) is 0 Å². The van der Waals surface area contributed by atoms with E-state index >= 15 is 0 Å². The van der Waals surface area contributed by atoms with E-state index in [0.29, 0.717) is 18.5 Å². The summed E-state index contributed by atoms with van der Waals surface area (Å²) in [4.78, 5) is 15.1. The Balaban J connectivity index is 2.21. The van der Waals surface area contributed by atoms with Crippen molar-refractivity contribution in [3.8, 4) is 11.5 Å². The third-order valence-electron chi connectivity index (χ3n) is 2.60. The van der Waals surface area contributed by atoms with Gasteiger partial charge in [-0.25, -0.2) is 0 Å². The Kier molecular flexibility index (Phi) is 3.32. The summed E-state index contributed by atoms with van der Waals surface area (Å²) < 4.78 is 0. The van der Waals surface area contributed by atoms with Crippen LogP contribution in [0, 0.1) is 0 Å². The molecule has 0 spiro atoms. The van der Waals surface area contributed by atoms with Crippen molar-refractivity contribution in [1.82, 2.24) is 10.3 Å². The topological polar surface area (TPSA) is 82.5 Å². The molecule has 0 saturated heterocycles. The second-order valence-corrected chi connectivity index (χ2v) is 4.07. The molecule has 0 saturated carbocycles. The summed E-state index contributed by atoms with van der Waals surface area (Å²) in [6.07, 6.45) is 0.622. The minimum atomic E-state index is -0.186. The summed E-state index contributed by atoms with van der Waals surface area (Å²) in [5.74, 6) is -0.414. The van der Waals surface area contributed by atoms with E-state index in [0.717, 1.165) is 11.1 Å². The van der Waals surface area contributed by atoms with E-state index in [1.165, 1.54) is 19.1 Å². The predicted molar refractivity (Wildman–Crippen MR) is 67.5 cm³/mol. The molecule has 0 atom stereocenters. The Labute approximate surface area is 104 Å². The van der Waals surface area contributed by atoms with E-state index in [4.69, 9.17) is 0 Å². The number of fused-ring (bicyclic) bond motifs is 1. The Morgan fingerprint density at radius 2 is 2.00 bits per heavy atom. The van der Waals surface area contributed by atoms with Gasteiger partial charge < -0.3 is 15.5 Å². The summed E-state index contributed by atoms with van der Waals surface area (Å²) in [5.41, 5.74) is 1.44. The normalized spacial score (nSPS) is 10.5. The molecule has 1 aromatic heterocycles. The molecular weight excluding hydrogens is 232 g/mol. The van der Waals surface area contributed by atoms with Gasteiger partial charge in [-0.05, 0) is 12.1 Å². The summed E-state index contributed by atoms with van der Waals surface area (Å²) in [6, 6.07) is 6.55. The first kappa shape index (κ1) is 12.2. The Morgan fingerprint density at radius 3 is 2.72 bits per heavy atom. The van der Waals surface area contributed by atoms with Crippen molar-refractivity contribution in [1.29, 1.82) is 0 Å². The highest BCUT2D eigenvalue weighted by molar-refractivity contribution is 5.82. The number of nitrogens with zero attached hydrogens (tertiary/aromatic N) is 1. The molecule has 1 amide bonds. The monoisotopic (exact) mass is 246 g/mol. The number of pyridine rings is 1. The highest BCUT2D eigenvalue weighted by Gasteiger charge is 2.04. The molecule has 0 fully saturated rings. The van der Waals surface area contributed by atoms with Gasteiger partial charge in [0.25, 0.3) is 0 Å². The molecule has 0 aliphatic carbocycles. The van der Waals surface area contributed by atoms with Crippen molar-refractivity contribution >= 4 is 16.8 Å². The molecule has 0 radical (unpaired) electrons. The van der Waals surface area contributed by atoms with Crippen molar-refractivity contribution < 1.29 is 15.0 Å². The number of phenols is 2. The number of hydrogen-bond donors (Lipinski definition) is 3. The number of amides is 1. The number of carbonyl (C=O) groups is 1. The van der Waals surface area contributed by atoms with Crippen LogP contribution >= 0.6 is 0 Å². The quantitative estimate of drug-likeness (QED) is 0.713. The fraction of sp³-hybridized carbons (Fsp3) is 0.231. The molecule has 94 valence electrons. The Morgan fingerprint density at radius 1 is 1.28 bits per heavy atom. The molecule has 0 unspecified atom stereocenters. The van der Waals surface area contributed by atoms with Crippen molar-refractivity contribution in [3.63, 3.8) is 0 Å². The molecule has 5 heteroatoms. The average molecular weight is 246 g/mol. The molecule has 2 rings (SSSR count). The minimum absolute atomic E-state index is 0.0710. The average Bonchev–Trinajstić information content (AvgIpc) is 2.30. The van der Waals surface area contributed by atoms with Crippen LogP contribution in [0.1, 0.15) is 12.6 Å². The third kappa shape index (κ3) is 2.68. The first-order valence-electron chi connectivity index (χ1n) is 5.62. The molecule has 5 nitrogen and oxygen atoms in total. The van der Waals surface area contributed by atoms with E-state index in [-0.39, 0.29) is 17.4 Å². The van der Waals surface area contributed by atoms with Crippen LogP contribution in [0.4, 0.5) is 0 Å². The fourth-order valence-corrected chi connectivity index (χ4v) is 1.70. The molecule has 0 bridgehead atoms. The van der Waals surface area contributed by atoms with Crippen LogP contribution in [-0.2, 0) is 11.2 Å². The van der Waals surface area contributed by atoms with Crippen LogP contribution in [0.25, 0.3) is 10.9 Å². The zero-order valence-electron chi connectivity index (χ0n) is 9.97. The van der Waals surface area contributed by atoms with Crippen molar-refractivity contribution in [2.75, 3.05) is 6.54 Å². The standard InChI is InChI=1S/C13H14N2O3/c1-8(16)14-5-4-10-3-2-9-6-12(17)13(18)7-11(9)15-10/h2-3,6-7,17-18H,4-5H2,1H3,(H,14,16). The Hall–Kier alpha value is -2.30. The van der Waals surface area contributed by atoms with Crippen molar-refractivity contribution in [3.05, 3.63) is 30.0 Å². The van der Waals surface area contributed by atoms with Crippen LogP contribution in [0.2, 0.25) is 0 Å². The third-order valence-corrected chi connectivity index (χ3v) is 2.60. The van der Waals surface area contributed by atoms with E-state index in [2.05, 4.69) is 10.3 Å². The van der Waals surface area contributed by atoms with Gasteiger partial charge >= 0.3 is 0 Å². The SMILES string of the molecule is CC(=O)NCCc1ccc2cc(O)c(O)cc2n1. The van der Waals surface area contributed by atoms with Gasteiger partial charge in [0.2, 0.25) is 5.91 Å². The first-order valence-corrected chi connectivity index (χ1v) is 5.62. The summed E-state index contributed by atoms with van der Waals surface area (Å²) in [5, 5.41) is 22.2. The first-order chi connectivity index (χ1) is 8.56. The number of hydrogen-bond acceptors (Lipinski definition) is 4. The second-order valence-electron chi connectivity index (χ2n) is 4.07. The maximum atomic E-state index is 10.7. The zero-order valence-corrected chi connectivity index (χ0v) is 9.97. The molecule has 18 heavy (non-hydrogen) atoms. The fourth-order valence-electron chi connectivity index (χ4n) is 1.70. The lowest BCUT2D eigenvalue weighted by molar-refractivity contribution is -0.118. The lowest BCUT2D eigenvalue weighted by Crippen LogP contribution is -2.22. The van der Waals surface area contributed by atoms with Crippen LogP contribution < -0.4 is 5.32 Å². The lowest BCUT2D eigenvalue weighted by atomic mass is 10.1. The summed E-state index contributed by atoms with van der Waals surface area (Å²) in [7, 11) is 0. The number of benzene rings is 1. The van der Waals surface area contributed by atoms with Crippen molar-refractivity contribution in [2.24, 2.45) is 0 Å². The minimum Gasteiger partial charge on any atom is -0.504 e. The van der Waals surface area contributed by atoms with Crippen LogP contribution in [-0.4, -0.2) is 27.6 Å². The number of nitrogens with one attached hydrogen (secondary N) is 1. The maximum Gasteiger partial charge on any atom is 0.216 e. The van der Waals surface area contributed by atoms with Gasteiger partial charge in [0.15, 0.2) is 11.5 Å². The maximum absolute atomic E-state index is 10.7. The van der Waals surface area contributed by atoms with E-state index in [9.17, 15) is 15.0 Å². The van der Waals surface area contributed by atoms with Crippen LogP contribution in [0.5, 0.6) is 11.5 Å². The number of carbonyl (C=O) groups excluding carboxylic acids is 1. The number of aromatic nitrogens is 1. The molecule has 1 aromatic carbocycles. The smallest absolute Gasteiger partial charge is 0.216 e. The van der Waals surface area contributed by atoms with E-state index < -0.39 is 0 Å². The molecule has 2 aromatic rings. The molecule has 0 aliphatic rings. The van der Waals surface area contributed by atoms with Gasteiger partial charge in [0.1, 0.15) is 0 Å². The second kappa shape index (κ2) is 4.91. The zero-order chi connectivity index (χ0) is 13.1. The molecule has 0 aliphatic heterocycles. The number of aromatic hydroxyl groups is 2. The largest absolute Gasteiger partial charge is 0.504 e. The Bertz CT molecular complexity index is 596. The van der Waals surface area contributed by atoms with Crippen LogP contribution in [0.15, 0.2) is 24.3 Å². The van der Waals surface area contributed by atoms with Gasteiger partial charge in [0.05, 0.1) is 5.52 Å². The summed E-state index contributed by atoms with van der Waals surface area (Å²) in [6.45, 7) is 1.99. The van der Waals surface area contributed by atoms with Gasteiger partial charge in [-0.1, -0.05) is 6.07 Å². The molecule has 1 heterocycles. The van der Waals surface area contributed by atoms with Gasteiger partial charge in [-0.15, -0.1) is 0 Å². The van der Waals surface area contributed by atoms with Gasteiger partial charge in [-0.3, -0.25) is 9.78 Å². The highest BCUT2D eigenvalue weighted by Crippen LogP contribution is 2.29. The van der Waals surface area contributed by atoms with E-state index in [1.807, 2.05) is 12.1 Å². The number of phenolic OH excluding ortho intramolecular Hbond substituents is 2. The van der Waals surface area contributed by atoms with Gasteiger partial charge in [0, 0.05) is 37.0 Å². The number of rotatable bonds is 3. The van der Waals surface area contributed by atoms with Crippen molar-refractivity contribution in [2.45, 2.75) is 13.3 Å². The molecular formula is C13H14N2O3. The highest BCUT2D eigenvalue weighted by atomic mass is 16.3.